The lowest BCUT2D eigenvalue weighted by molar-refractivity contribution is -0.118. The van der Waals surface area contributed by atoms with Crippen molar-refractivity contribution in [2.45, 2.75) is 23.7 Å². The van der Waals surface area contributed by atoms with E-state index in [1.165, 1.54) is 7.05 Å². The Labute approximate surface area is 177 Å². The maximum Gasteiger partial charge on any atom is 0.240 e. The van der Waals surface area contributed by atoms with E-state index in [0.29, 0.717) is 19.4 Å². The molecule has 0 aromatic heterocycles. The van der Waals surface area contributed by atoms with Gasteiger partial charge in [0, 0.05) is 24.6 Å². The average Bonchev–Trinajstić information content (AvgIpc) is 3.22. The van der Waals surface area contributed by atoms with Crippen LogP contribution in [0.3, 0.4) is 0 Å². The second-order valence-electron chi connectivity index (χ2n) is 7.37. The molecule has 154 valence electrons. The summed E-state index contributed by atoms with van der Waals surface area (Å²) in [6.45, 7) is 0.563. The van der Waals surface area contributed by atoms with Gasteiger partial charge in [-0.2, -0.15) is 0 Å². The molecule has 3 aromatic rings. The first kappa shape index (κ1) is 20.3. The third-order valence-electron chi connectivity index (χ3n) is 5.61. The number of hydrogen-bond acceptors (Lipinski definition) is 3. The summed E-state index contributed by atoms with van der Waals surface area (Å²) in [5.74, 6) is 0.00331. The van der Waals surface area contributed by atoms with Crippen LogP contribution in [0.25, 0.3) is 0 Å². The molecule has 0 atom stereocenters. The predicted molar refractivity (Wildman–Crippen MR) is 118 cm³/mol. The summed E-state index contributed by atoms with van der Waals surface area (Å²) in [5, 5.41) is 0. The van der Waals surface area contributed by atoms with Crippen LogP contribution in [-0.4, -0.2) is 27.9 Å². The van der Waals surface area contributed by atoms with Gasteiger partial charge in [0.1, 0.15) is 0 Å². The van der Waals surface area contributed by atoms with Crippen molar-refractivity contribution in [1.82, 2.24) is 4.72 Å². The Balaban J connectivity index is 1.61. The van der Waals surface area contributed by atoms with Crippen LogP contribution < -0.4 is 9.62 Å². The van der Waals surface area contributed by atoms with Crippen LogP contribution in [0.2, 0.25) is 0 Å². The number of carbonyl (C=O) groups excluding carboxylic acids is 1. The summed E-state index contributed by atoms with van der Waals surface area (Å²) < 4.78 is 26.5. The topological polar surface area (TPSA) is 66.5 Å². The molecule has 5 nitrogen and oxygen atoms in total. The maximum atomic E-state index is 13.3. The number of benzene rings is 3. The lowest BCUT2D eigenvalue weighted by Gasteiger charge is -2.23. The van der Waals surface area contributed by atoms with Crippen LogP contribution in [-0.2, 0) is 21.2 Å². The van der Waals surface area contributed by atoms with Crippen molar-refractivity contribution in [3.05, 3.63) is 95.6 Å². The molecule has 0 bridgehead atoms. The molecule has 1 amide bonds. The van der Waals surface area contributed by atoms with E-state index in [2.05, 4.69) is 29.0 Å². The van der Waals surface area contributed by atoms with Crippen LogP contribution in [0.15, 0.2) is 83.8 Å². The Morgan fingerprint density at radius 1 is 0.967 bits per heavy atom. The number of rotatable bonds is 6. The maximum absolute atomic E-state index is 13.3. The van der Waals surface area contributed by atoms with Gasteiger partial charge in [-0.15, -0.1) is 0 Å². The van der Waals surface area contributed by atoms with Crippen molar-refractivity contribution in [3.8, 4) is 0 Å². The van der Waals surface area contributed by atoms with Gasteiger partial charge in [-0.05, 0) is 48.4 Å². The van der Waals surface area contributed by atoms with Gasteiger partial charge in [-0.3, -0.25) is 4.79 Å². The quantitative estimate of drug-likeness (QED) is 0.661. The van der Waals surface area contributed by atoms with E-state index in [1.807, 2.05) is 36.4 Å². The molecule has 1 heterocycles. The molecule has 0 saturated carbocycles. The minimum atomic E-state index is -3.50. The lowest BCUT2D eigenvalue weighted by atomic mass is 9.88. The van der Waals surface area contributed by atoms with Gasteiger partial charge in [0.05, 0.1) is 4.90 Å². The fraction of sp³-hybridized carbons (Fsp3) is 0.208. The molecule has 3 aromatic carbocycles. The molecule has 30 heavy (non-hydrogen) atoms. The van der Waals surface area contributed by atoms with E-state index in [-0.39, 0.29) is 16.7 Å². The van der Waals surface area contributed by atoms with Crippen molar-refractivity contribution in [2.75, 3.05) is 18.5 Å². The van der Waals surface area contributed by atoms with Crippen LogP contribution in [0.5, 0.6) is 0 Å². The van der Waals surface area contributed by atoms with Crippen molar-refractivity contribution >= 4 is 21.6 Å². The third kappa shape index (κ3) is 4.01. The molecule has 0 saturated heterocycles. The van der Waals surface area contributed by atoms with E-state index in [4.69, 9.17) is 0 Å². The second-order valence-corrected chi connectivity index (χ2v) is 9.26. The third-order valence-corrected chi connectivity index (χ3v) is 7.02. The molecule has 0 aliphatic carbocycles. The monoisotopic (exact) mass is 420 g/mol. The van der Waals surface area contributed by atoms with Crippen molar-refractivity contribution in [3.63, 3.8) is 0 Å². The van der Waals surface area contributed by atoms with Crippen LogP contribution >= 0.6 is 0 Å². The molecular weight excluding hydrogens is 396 g/mol. The Kier molecular flexibility index (Phi) is 5.70. The molecule has 4 rings (SSSR count). The van der Waals surface area contributed by atoms with Gasteiger partial charge in [0.2, 0.25) is 15.9 Å². The minimum absolute atomic E-state index is 0.0344. The summed E-state index contributed by atoms with van der Waals surface area (Å²) >= 11 is 0. The van der Waals surface area contributed by atoms with Gasteiger partial charge in [0.25, 0.3) is 0 Å². The minimum Gasteiger partial charge on any atom is -0.312 e. The number of hydrogen-bond donors (Lipinski definition) is 1. The van der Waals surface area contributed by atoms with Crippen molar-refractivity contribution < 1.29 is 13.2 Å². The Hall–Kier alpha value is -2.96. The zero-order valence-corrected chi connectivity index (χ0v) is 17.6. The molecule has 1 aliphatic heterocycles. The average molecular weight is 421 g/mol. The fourth-order valence-corrected chi connectivity index (χ4v) is 4.79. The highest BCUT2D eigenvalue weighted by Gasteiger charge is 2.29. The van der Waals surface area contributed by atoms with E-state index < -0.39 is 10.0 Å². The Bertz CT molecular complexity index is 1110. The van der Waals surface area contributed by atoms with Crippen LogP contribution in [0.4, 0.5) is 5.69 Å². The van der Waals surface area contributed by atoms with E-state index in [1.54, 1.807) is 23.1 Å². The molecule has 1 N–H and O–H groups in total. The Morgan fingerprint density at radius 2 is 1.57 bits per heavy atom. The normalized spacial score (nSPS) is 13.5. The highest BCUT2D eigenvalue weighted by Crippen LogP contribution is 2.34. The van der Waals surface area contributed by atoms with Crippen LogP contribution in [0.1, 0.15) is 29.0 Å². The van der Waals surface area contributed by atoms with E-state index in [9.17, 15) is 13.2 Å². The molecule has 6 heteroatoms. The molecule has 0 radical (unpaired) electrons. The van der Waals surface area contributed by atoms with Gasteiger partial charge in [0.15, 0.2) is 0 Å². The fourth-order valence-electron chi connectivity index (χ4n) is 4.01. The number of fused-ring (bicyclic) bond motifs is 1. The number of carbonyl (C=O) groups is 1. The smallest absolute Gasteiger partial charge is 0.240 e. The standard InChI is InChI=1S/C24H24N2O3S/c1-25-30(28,29)21-12-13-23-20(16-21)14-15-26(23)24(27)17-22(18-8-4-2-5-9-18)19-10-6-3-7-11-19/h2-13,16,22,25H,14-15,17H2,1H3. The SMILES string of the molecule is CNS(=O)(=O)c1ccc2c(c1)CCN2C(=O)CC(c1ccccc1)c1ccccc1. The molecule has 1 aliphatic rings. The zero-order chi connectivity index (χ0) is 21.1. The predicted octanol–water partition coefficient (Wildman–Crippen LogP) is 3.71. The number of sulfonamides is 1. The Morgan fingerprint density at radius 3 is 2.13 bits per heavy atom. The molecular formula is C24H24N2O3S. The van der Waals surface area contributed by atoms with Crippen molar-refractivity contribution in [2.24, 2.45) is 0 Å². The van der Waals surface area contributed by atoms with Gasteiger partial charge < -0.3 is 4.90 Å². The number of amides is 1. The summed E-state index contributed by atoms with van der Waals surface area (Å²) in [5.41, 5.74) is 3.89. The summed E-state index contributed by atoms with van der Waals surface area (Å²) in [4.78, 5) is 15.3. The zero-order valence-electron chi connectivity index (χ0n) is 16.8. The summed E-state index contributed by atoms with van der Waals surface area (Å²) in [6.07, 6.45) is 1.000. The lowest BCUT2D eigenvalue weighted by Crippen LogP contribution is -2.30. The van der Waals surface area contributed by atoms with E-state index >= 15 is 0 Å². The van der Waals surface area contributed by atoms with Crippen LogP contribution in [0, 0.1) is 0 Å². The van der Waals surface area contributed by atoms with Gasteiger partial charge >= 0.3 is 0 Å². The summed E-state index contributed by atoms with van der Waals surface area (Å²) in [7, 11) is -2.11. The number of anilines is 1. The second kappa shape index (κ2) is 8.42. The highest BCUT2D eigenvalue weighted by atomic mass is 32.2. The number of nitrogens with zero attached hydrogens (tertiary/aromatic N) is 1. The largest absolute Gasteiger partial charge is 0.312 e. The number of nitrogens with one attached hydrogen (secondary N) is 1. The first-order valence-electron chi connectivity index (χ1n) is 9.96. The first-order chi connectivity index (χ1) is 14.5. The van der Waals surface area contributed by atoms with E-state index in [0.717, 1.165) is 22.4 Å². The van der Waals surface area contributed by atoms with Gasteiger partial charge in [-0.25, -0.2) is 13.1 Å². The van der Waals surface area contributed by atoms with Gasteiger partial charge in [-0.1, -0.05) is 60.7 Å². The molecule has 0 unspecified atom stereocenters. The highest BCUT2D eigenvalue weighted by molar-refractivity contribution is 7.89. The molecule has 0 fully saturated rings. The van der Waals surface area contributed by atoms with Crippen molar-refractivity contribution in [1.29, 1.82) is 0 Å². The molecule has 0 spiro atoms. The first-order valence-corrected chi connectivity index (χ1v) is 11.4. The summed E-state index contributed by atoms with van der Waals surface area (Å²) in [6, 6.07) is 25.1.